The van der Waals surface area contributed by atoms with Crippen LogP contribution in [0.15, 0.2) is 24.3 Å². The van der Waals surface area contributed by atoms with Crippen molar-refractivity contribution in [3.05, 3.63) is 35.4 Å². The number of carbonyl (C=O) groups is 2. The Hall–Kier alpha value is -1.88. The van der Waals surface area contributed by atoms with E-state index in [4.69, 9.17) is 5.73 Å². The average Bonchev–Trinajstić information content (AvgIpc) is 2.32. The van der Waals surface area contributed by atoms with Crippen LogP contribution in [0.4, 0.5) is 0 Å². The number of benzene rings is 1. The molecule has 0 spiro atoms. The van der Waals surface area contributed by atoms with Gasteiger partial charge in [-0.25, -0.2) is 0 Å². The third kappa shape index (κ3) is 2.36. The van der Waals surface area contributed by atoms with Gasteiger partial charge in [-0.05, 0) is 25.1 Å². The molecule has 1 fully saturated rings. The van der Waals surface area contributed by atoms with E-state index >= 15 is 0 Å². The number of likely N-dealkylation sites (N-methyl/N-ethyl adjacent to an activating group) is 1. The van der Waals surface area contributed by atoms with E-state index in [9.17, 15) is 9.59 Å². The van der Waals surface area contributed by atoms with E-state index in [-0.39, 0.29) is 11.9 Å². The first-order valence-electron chi connectivity index (χ1n) is 6.05. The summed E-state index contributed by atoms with van der Waals surface area (Å²) < 4.78 is 0. The summed E-state index contributed by atoms with van der Waals surface area (Å²) in [5, 5.41) is 3.14. The Bertz CT molecular complexity index is 469. The number of nitrogens with zero attached hydrogens (tertiary/aromatic N) is 1. The Morgan fingerprint density at radius 1 is 1.39 bits per heavy atom. The van der Waals surface area contributed by atoms with Crippen molar-refractivity contribution in [2.45, 2.75) is 13.0 Å². The number of rotatable bonds is 4. The molecule has 1 aliphatic rings. The molecule has 96 valence electrons. The predicted octanol–water partition coefficient (Wildman–Crippen LogP) is 0.219. The summed E-state index contributed by atoms with van der Waals surface area (Å²) in [6, 6.07) is 6.81. The molecule has 1 aromatic carbocycles. The molecule has 0 atom stereocenters. The van der Waals surface area contributed by atoms with Crippen LogP contribution in [0.5, 0.6) is 0 Å². The lowest BCUT2D eigenvalue weighted by Crippen LogP contribution is -2.58. The van der Waals surface area contributed by atoms with Crippen molar-refractivity contribution in [1.29, 1.82) is 0 Å². The summed E-state index contributed by atoms with van der Waals surface area (Å²) in [6.45, 7) is 4.27. The van der Waals surface area contributed by atoms with Gasteiger partial charge in [-0.2, -0.15) is 0 Å². The van der Waals surface area contributed by atoms with Crippen molar-refractivity contribution in [3.8, 4) is 0 Å². The number of nitrogens with one attached hydrogen (secondary N) is 1. The molecule has 0 saturated carbocycles. The zero-order valence-electron chi connectivity index (χ0n) is 10.3. The largest absolute Gasteiger partial charge is 0.366 e. The summed E-state index contributed by atoms with van der Waals surface area (Å²) >= 11 is 0. The molecular weight excluding hydrogens is 230 g/mol. The Balaban J connectivity index is 2.21. The van der Waals surface area contributed by atoms with Crippen LogP contribution in [0.25, 0.3) is 0 Å². The molecule has 0 radical (unpaired) electrons. The maximum Gasteiger partial charge on any atom is 0.254 e. The van der Waals surface area contributed by atoms with Gasteiger partial charge in [0.05, 0.1) is 6.04 Å². The van der Waals surface area contributed by atoms with Gasteiger partial charge in [0.15, 0.2) is 0 Å². The van der Waals surface area contributed by atoms with E-state index in [0.717, 1.165) is 13.1 Å². The Labute approximate surface area is 106 Å². The van der Waals surface area contributed by atoms with Gasteiger partial charge in [0.25, 0.3) is 5.91 Å². The third-order valence-corrected chi connectivity index (χ3v) is 3.20. The lowest BCUT2D eigenvalue weighted by atomic mass is 10.1. The molecule has 0 aliphatic carbocycles. The van der Waals surface area contributed by atoms with E-state index in [1.165, 1.54) is 0 Å². The van der Waals surface area contributed by atoms with Gasteiger partial charge in [-0.1, -0.05) is 6.07 Å². The molecule has 3 N–H and O–H groups in total. The molecule has 1 heterocycles. The Morgan fingerprint density at radius 3 is 2.56 bits per heavy atom. The van der Waals surface area contributed by atoms with E-state index in [1.54, 1.807) is 24.3 Å². The molecule has 0 unspecified atom stereocenters. The monoisotopic (exact) mass is 247 g/mol. The second-order valence-electron chi connectivity index (χ2n) is 4.35. The molecule has 1 aromatic rings. The summed E-state index contributed by atoms with van der Waals surface area (Å²) in [6.07, 6.45) is 0. The fourth-order valence-electron chi connectivity index (χ4n) is 2.03. The van der Waals surface area contributed by atoms with Gasteiger partial charge < -0.3 is 16.0 Å². The Kier molecular flexibility index (Phi) is 3.62. The van der Waals surface area contributed by atoms with Crippen molar-refractivity contribution in [1.82, 2.24) is 10.2 Å². The van der Waals surface area contributed by atoms with Gasteiger partial charge in [0.2, 0.25) is 5.91 Å². The minimum atomic E-state index is -0.516. The van der Waals surface area contributed by atoms with Gasteiger partial charge in [0, 0.05) is 30.8 Å². The average molecular weight is 247 g/mol. The molecule has 2 rings (SSSR count). The van der Waals surface area contributed by atoms with Crippen LogP contribution in [0.2, 0.25) is 0 Å². The highest BCUT2D eigenvalue weighted by Gasteiger charge is 2.28. The van der Waals surface area contributed by atoms with Gasteiger partial charge in [0.1, 0.15) is 0 Å². The first-order valence-corrected chi connectivity index (χ1v) is 6.05. The quantitative estimate of drug-likeness (QED) is 0.799. The van der Waals surface area contributed by atoms with E-state index in [2.05, 4.69) is 5.32 Å². The molecule has 18 heavy (non-hydrogen) atoms. The smallest absolute Gasteiger partial charge is 0.254 e. The third-order valence-electron chi connectivity index (χ3n) is 3.20. The second kappa shape index (κ2) is 5.18. The van der Waals surface area contributed by atoms with Gasteiger partial charge in [-0.15, -0.1) is 0 Å². The van der Waals surface area contributed by atoms with Crippen LogP contribution in [0.3, 0.4) is 0 Å². The molecule has 1 saturated heterocycles. The molecule has 2 amide bonds. The highest BCUT2D eigenvalue weighted by Crippen LogP contribution is 2.12. The normalized spacial score (nSPS) is 14.9. The molecular formula is C13H17N3O2. The maximum absolute atomic E-state index is 12.3. The fourth-order valence-corrected chi connectivity index (χ4v) is 2.03. The van der Waals surface area contributed by atoms with Crippen LogP contribution in [-0.4, -0.2) is 42.4 Å². The first kappa shape index (κ1) is 12.6. The van der Waals surface area contributed by atoms with Crippen molar-refractivity contribution in [2.75, 3.05) is 19.6 Å². The van der Waals surface area contributed by atoms with Crippen LogP contribution in [0, 0.1) is 0 Å². The topological polar surface area (TPSA) is 75.4 Å². The number of nitrogens with two attached hydrogens (primary N) is 1. The highest BCUT2D eigenvalue weighted by atomic mass is 16.2. The van der Waals surface area contributed by atoms with Crippen molar-refractivity contribution >= 4 is 11.8 Å². The lowest BCUT2D eigenvalue weighted by molar-refractivity contribution is 0.0630. The number of amides is 2. The summed E-state index contributed by atoms with van der Waals surface area (Å²) in [4.78, 5) is 25.3. The summed E-state index contributed by atoms with van der Waals surface area (Å²) in [5.41, 5.74) is 6.09. The zero-order valence-corrected chi connectivity index (χ0v) is 10.3. The molecule has 0 aromatic heterocycles. The number of primary amides is 1. The molecule has 5 nitrogen and oxygen atoms in total. The van der Waals surface area contributed by atoms with Crippen LogP contribution < -0.4 is 11.1 Å². The predicted molar refractivity (Wildman–Crippen MR) is 68.3 cm³/mol. The number of hydrogen-bond acceptors (Lipinski definition) is 3. The summed E-state index contributed by atoms with van der Waals surface area (Å²) in [7, 11) is 0. The van der Waals surface area contributed by atoms with Crippen LogP contribution >= 0.6 is 0 Å². The molecule has 0 bridgehead atoms. The minimum Gasteiger partial charge on any atom is -0.366 e. The second-order valence-corrected chi connectivity index (χ2v) is 4.35. The van der Waals surface area contributed by atoms with Crippen molar-refractivity contribution < 1.29 is 9.59 Å². The first-order chi connectivity index (χ1) is 8.63. The fraction of sp³-hybridized carbons (Fsp3) is 0.385. The summed E-state index contributed by atoms with van der Waals surface area (Å²) in [5.74, 6) is -0.565. The van der Waals surface area contributed by atoms with E-state index < -0.39 is 5.91 Å². The number of carbonyl (C=O) groups excluding carboxylic acids is 2. The zero-order chi connectivity index (χ0) is 13.1. The molecule has 1 aliphatic heterocycles. The van der Waals surface area contributed by atoms with E-state index in [0.29, 0.717) is 17.7 Å². The SMILES string of the molecule is CCN(C(=O)c1cccc(C(N)=O)c1)C1CNC1. The molecule has 5 heteroatoms. The van der Waals surface area contributed by atoms with Gasteiger partial charge in [-0.3, -0.25) is 9.59 Å². The van der Waals surface area contributed by atoms with Crippen molar-refractivity contribution in [2.24, 2.45) is 5.73 Å². The van der Waals surface area contributed by atoms with Crippen LogP contribution in [-0.2, 0) is 0 Å². The standard InChI is InChI=1S/C13H17N3O2/c1-2-16(11-7-15-8-11)13(18)10-5-3-4-9(6-10)12(14)17/h3-6,11,15H,2,7-8H2,1H3,(H2,14,17). The van der Waals surface area contributed by atoms with Crippen molar-refractivity contribution in [3.63, 3.8) is 0 Å². The van der Waals surface area contributed by atoms with Gasteiger partial charge >= 0.3 is 0 Å². The lowest BCUT2D eigenvalue weighted by Gasteiger charge is -2.37. The minimum absolute atomic E-state index is 0.0490. The highest BCUT2D eigenvalue weighted by molar-refractivity contribution is 5.99. The van der Waals surface area contributed by atoms with E-state index in [1.807, 2.05) is 11.8 Å². The number of hydrogen-bond donors (Lipinski definition) is 2. The Morgan fingerprint density at radius 2 is 2.06 bits per heavy atom. The maximum atomic E-state index is 12.3. The van der Waals surface area contributed by atoms with Crippen LogP contribution in [0.1, 0.15) is 27.6 Å².